The van der Waals surface area contributed by atoms with E-state index in [0.717, 1.165) is 17.4 Å². The first-order valence-corrected chi connectivity index (χ1v) is 6.66. The van der Waals surface area contributed by atoms with Crippen LogP contribution in [0.15, 0.2) is 42.5 Å². The Bertz CT molecular complexity index is 740. The normalized spacial score (nSPS) is 11.1. The molecule has 0 aliphatic rings. The zero-order valence-electron chi connectivity index (χ0n) is 11.3. The number of benzene rings is 2. The summed E-state index contributed by atoms with van der Waals surface area (Å²) in [5.74, 6) is 0. The predicted octanol–water partition coefficient (Wildman–Crippen LogP) is 3.50. The lowest BCUT2D eigenvalue weighted by atomic mass is 9.93. The van der Waals surface area contributed by atoms with Gasteiger partial charge >= 0.3 is 0 Å². The van der Waals surface area contributed by atoms with Crippen molar-refractivity contribution in [3.8, 4) is 11.3 Å². The first-order valence-electron chi connectivity index (χ1n) is 6.66. The van der Waals surface area contributed by atoms with E-state index in [0.29, 0.717) is 0 Å². The highest BCUT2D eigenvalue weighted by Gasteiger charge is 2.12. The molecular weight excluding hydrogens is 229 g/mol. The van der Waals surface area contributed by atoms with Gasteiger partial charge in [0.15, 0.2) is 0 Å². The van der Waals surface area contributed by atoms with Crippen LogP contribution in [-0.2, 0) is 6.42 Å². The first-order chi connectivity index (χ1) is 9.20. The van der Waals surface area contributed by atoms with E-state index in [1.54, 1.807) is 0 Å². The first kappa shape index (κ1) is 12.1. The molecule has 0 unspecified atom stereocenters. The van der Waals surface area contributed by atoms with Gasteiger partial charge in [-0.05, 0) is 30.5 Å². The van der Waals surface area contributed by atoms with Gasteiger partial charge in [0, 0.05) is 22.2 Å². The van der Waals surface area contributed by atoms with Crippen molar-refractivity contribution >= 4 is 24.2 Å². The Morgan fingerprint density at radius 2 is 1.89 bits per heavy atom. The summed E-state index contributed by atoms with van der Waals surface area (Å²) in [4.78, 5) is 3.54. The minimum Gasteiger partial charge on any atom is -0.354 e. The second kappa shape index (κ2) is 4.62. The number of aromatic amines is 1. The maximum atomic E-state index is 5.91. The molecule has 1 heterocycles. The van der Waals surface area contributed by atoms with Crippen LogP contribution in [-0.4, -0.2) is 12.8 Å². The van der Waals surface area contributed by atoms with Gasteiger partial charge in [0.05, 0.1) is 0 Å². The summed E-state index contributed by atoms with van der Waals surface area (Å²) in [7, 11) is 5.91. The van der Waals surface area contributed by atoms with Crippen LogP contribution in [0.5, 0.6) is 0 Å². The van der Waals surface area contributed by atoms with Crippen molar-refractivity contribution in [3.05, 3.63) is 53.6 Å². The standard InChI is InChI=1S/C17H16BN/c1-3-13-15-10-12(18)8-9-16(15)19-17(13)14-7-5-4-6-11(14)2/h4-10,19H,3H2,1-2H3. The van der Waals surface area contributed by atoms with Crippen molar-refractivity contribution < 1.29 is 0 Å². The average Bonchev–Trinajstić information content (AvgIpc) is 2.76. The van der Waals surface area contributed by atoms with E-state index in [1.165, 1.54) is 27.8 Å². The largest absolute Gasteiger partial charge is 0.354 e. The van der Waals surface area contributed by atoms with Gasteiger partial charge in [-0.15, -0.1) is 0 Å². The lowest BCUT2D eigenvalue weighted by Crippen LogP contribution is -1.99. The van der Waals surface area contributed by atoms with E-state index in [2.05, 4.69) is 55.2 Å². The Balaban J connectivity index is 2.33. The van der Waals surface area contributed by atoms with Gasteiger partial charge in [0.25, 0.3) is 0 Å². The number of rotatable bonds is 2. The fourth-order valence-corrected chi connectivity index (χ4v) is 2.72. The van der Waals surface area contributed by atoms with Crippen LogP contribution in [0.25, 0.3) is 22.2 Å². The highest BCUT2D eigenvalue weighted by atomic mass is 14.7. The lowest BCUT2D eigenvalue weighted by Gasteiger charge is -2.06. The van der Waals surface area contributed by atoms with Gasteiger partial charge < -0.3 is 4.98 Å². The molecular formula is C17H16BN. The molecule has 0 amide bonds. The summed E-state index contributed by atoms with van der Waals surface area (Å²) in [6.07, 6.45) is 0.993. The fraction of sp³-hybridized carbons (Fsp3) is 0.176. The van der Waals surface area contributed by atoms with Crippen molar-refractivity contribution in [1.82, 2.24) is 4.98 Å². The van der Waals surface area contributed by atoms with Crippen molar-refractivity contribution in [2.24, 2.45) is 0 Å². The summed E-state index contributed by atoms with van der Waals surface area (Å²) in [5.41, 5.74) is 7.10. The minimum atomic E-state index is 0.817. The summed E-state index contributed by atoms with van der Waals surface area (Å²) in [5, 5.41) is 1.24. The average molecular weight is 245 g/mol. The molecule has 0 bridgehead atoms. The van der Waals surface area contributed by atoms with Crippen molar-refractivity contribution in [2.75, 3.05) is 0 Å². The summed E-state index contributed by atoms with van der Waals surface area (Å²) >= 11 is 0. The van der Waals surface area contributed by atoms with Crippen LogP contribution in [0.3, 0.4) is 0 Å². The SMILES string of the molecule is [B]c1ccc2[nH]c(-c3ccccc3C)c(CC)c2c1. The molecule has 1 N–H and O–H groups in total. The number of aryl methyl sites for hydroxylation is 2. The summed E-state index contributed by atoms with van der Waals surface area (Å²) in [6, 6.07) is 14.5. The Labute approximate surface area is 115 Å². The fourth-order valence-electron chi connectivity index (χ4n) is 2.72. The van der Waals surface area contributed by atoms with Crippen LogP contribution < -0.4 is 5.46 Å². The predicted molar refractivity (Wildman–Crippen MR) is 83.2 cm³/mol. The topological polar surface area (TPSA) is 15.8 Å². The third kappa shape index (κ3) is 1.97. The quantitative estimate of drug-likeness (QED) is 0.665. The highest BCUT2D eigenvalue weighted by molar-refractivity contribution is 6.33. The number of hydrogen-bond donors (Lipinski definition) is 1. The molecule has 2 radical (unpaired) electrons. The van der Waals surface area contributed by atoms with Crippen molar-refractivity contribution in [2.45, 2.75) is 20.3 Å². The summed E-state index contributed by atoms with van der Waals surface area (Å²) < 4.78 is 0. The zero-order valence-corrected chi connectivity index (χ0v) is 11.3. The Morgan fingerprint density at radius 1 is 1.11 bits per heavy atom. The van der Waals surface area contributed by atoms with E-state index >= 15 is 0 Å². The number of aromatic nitrogens is 1. The van der Waals surface area contributed by atoms with E-state index in [4.69, 9.17) is 7.85 Å². The lowest BCUT2D eigenvalue weighted by molar-refractivity contribution is 1.15. The Morgan fingerprint density at radius 3 is 2.63 bits per heavy atom. The molecule has 2 aromatic carbocycles. The van der Waals surface area contributed by atoms with Crippen molar-refractivity contribution in [1.29, 1.82) is 0 Å². The number of hydrogen-bond acceptors (Lipinski definition) is 0. The molecule has 0 aliphatic heterocycles. The maximum Gasteiger partial charge on any atom is 0.113 e. The third-order valence-electron chi connectivity index (χ3n) is 3.70. The van der Waals surface area contributed by atoms with E-state index in [-0.39, 0.29) is 0 Å². The minimum absolute atomic E-state index is 0.817. The van der Waals surface area contributed by atoms with Crippen LogP contribution in [0.2, 0.25) is 0 Å². The molecule has 1 aromatic heterocycles. The van der Waals surface area contributed by atoms with E-state index < -0.39 is 0 Å². The molecule has 0 aliphatic carbocycles. The molecule has 0 spiro atoms. The van der Waals surface area contributed by atoms with Gasteiger partial charge in [0.2, 0.25) is 0 Å². The smallest absolute Gasteiger partial charge is 0.113 e. The molecule has 19 heavy (non-hydrogen) atoms. The van der Waals surface area contributed by atoms with E-state index in [1.807, 2.05) is 6.07 Å². The molecule has 3 aromatic rings. The molecule has 3 rings (SSSR count). The summed E-state index contributed by atoms with van der Waals surface area (Å²) in [6.45, 7) is 4.34. The molecule has 2 heteroatoms. The van der Waals surface area contributed by atoms with E-state index in [9.17, 15) is 0 Å². The second-order valence-electron chi connectivity index (χ2n) is 4.95. The third-order valence-corrected chi connectivity index (χ3v) is 3.70. The van der Waals surface area contributed by atoms with Gasteiger partial charge in [0.1, 0.15) is 7.85 Å². The van der Waals surface area contributed by atoms with Gasteiger partial charge in [-0.1, -0.05) is 48.8 Å². The van der Waals surface area contributed by atoms with Crippen LogP contribution in [0.1, 0.15) is 18.1 Å². The monoisotopic (exact) mass is 245 g/mol. The molecule has 0 atom stereocenters. The second-order valence-corrected chi connectivity index (χ2v) is 4.95. The Kier molecular flexibility index (Phi) is 2.94. The van der Waals surface area contributed by atoms with Crippen LogP contribution in [0, 0.1) is 6.92 Å². The molecule has 0 saturated heterocycles. The molecule has 1 nitrogen and oxygen atoms in total. The van der Waals surface area contributed by atoms with Crippen molar-refractivity contribution in [3.63, 3.8) is 0 Å². The molecule has 92 valence electrons. The van der Waals surface area contributed by atoms with Gasteiger partial charge in [-0.3, -0.25) is 0 Å². The Hall–Kier alpha value is -1.96. The van der Waals surface area contributed by atoms with Crippen LogP contribution >= 0.6 is 0 Å². The van der Waals surface area contributed by atoms with Gasteiger partial charge in [-0.2, -0.15) is 0 Å². The number of fused-ring (bicyclic) bond motifs is 1. The molecule has 0 saturated carbocycles. The number of nitrogens with one attached hydrogen (secondary N) is 1. The van der Waals surface area contributed by atoms with Crippen LogP contribution in [0.4, 0.5) is 0 Å². The van der Waals surface area contributed by atoms with Gasteiger partial charge in [-0.25, -0.2) is 0 Å². The highest BCUT2D eigenvalue weighted by Crippen LogP contribution is 2.31. The maximum absolute atomic E-state index is 5.91. The number of H-pyrrole nitrogens is 1. The zero-order chi connectivity index (χ0) is 13.4. The molecule has 0 fully saturated rings.